The molecule has 0 spiro atoms. The lowest BCUT2D eigenvalue weighted by atomic mass is 10.1. The topological polar surface area (TPSA) is 69.0 Å². The fraction of sp³-hybridized carbons (Fsp3) is 0.174. The molecule has 0 unspecified atom stereocenters. The van der Waals surface area contributed by atoms with Crippen molar-refractivity contribution in [2.75, 3.05) is 5.32 Å². The molecule has 33 heavy (non-hydrogen) atoms. The van der Waals surface area contributed by atoms with Crippen LogP contribution in [0, 0.1) is 0 Å². The molecule has 0 saturated carbocycles. The summed E-state index contributed by atoms with van der Waals surface area (Å²) in [6, 6.07) is 15.2. The Hall–Kier alpha value is -3.66. The molecule has 0 aliphatic rings. The summed E-state index contributed by atoms with van der Waals surface area (Å²) >= 11 is 1.34. The lowest BCUT2D eigenvalue weighted by Gasteiger charge is -2.09. The van der Waals surface area contributed by atoms with Crippen molar-refractivity contribution in [3.63, 3.8) is 0 Å². The van der Waals surface area contributed by atoms with Crippen LogP contribution in [0.5, 0.6) is 6.01 Å². The van der Waals surface area contributed by atoms with Gasteiger partial charge in [-0.3, -0.25) is 4.79 Å². The molecular weight excluding hydrogens is 453 g/mol. The first-order chi connectivity index (χ1) is 15.7. The Kier molecular flexibility index (Phi) is 6.19. The fourth-order valence-corrected chi connectivity index (χ4v) is 3.63. The minimum atomic E-state index is -4.43. The molecule has 0 atom stereocenters. The van der Waals surface area contributed by atoms with Gasteiger partial charge < -0.3 is 10.1 Å². The number of nitrogens with zero attached hydrogens (tertiary/aromatic N) is 3. The number of nitrogens with one attached hydrogen (secondary N) is 1. The zero-order chi connectivity index (χ0) is 23.6. The van der Waals surface area contributed by atoms with Gasteiger partial charge in [0.25, 0.3) is 5.91 Å². The highest BCUT2D eigenvalue weighted by molar-refractivity contribution is 7.12. The van der Waals surface area contributed by atoms with Gasteiger partial charge in [-0.15, -0.1) is 16.4 Å². The second kappa shape index (κ2) is 9.07. The monoisotopic (exact) mass is 472 g/mol. The number of halogens is 3. The highest BCUT2D eigenvalue weighted by atomic mass is 32.1. The number of ether oxygens (including phenoxy) is 1. The number of alkyl halides is 3. The van der Waals surface area contributed by atoms with E-state index >= 15 is 0 Å². The van der Waals surface area contributed by atoms with Crippen molar-refractivity contribution < 1.29 is 22.7 Å². The predicted molar refractivity (Wildman–Crippen MR) is 120 cm³/mol. The summed E-state index contributed by atoms with van der Waals surface area (Å²) in [6.07, 6.45) is -4.61. The highest BCUT2D eigenvalue weighted by Crippen LogP contribution is 2.31. The molecule has 2 aromatic heterocycles. The molecule has 4 aromatic rings. The number of thiophene rings is 1. The van der Waals surface area contributed by atoms with Crippen LogP contribution in [0.3, 0.4) is 0 Å². The van der Waals surface area contributed by atoms with Crippen LogP contribution >= 0.6 is 11.3 Å². The predicted octanol–water partition coefficient (Wildman–Crippen LogP) is 6.05. The van der Waals surface area contributed by atoms with E-state index in [-0.39, 0.29) is 18.0 Å². The number of rotatable bonds is 6. The highest BCUT2D eigenvalue weighted by Gasteiger charge is 2.30. The molecule has 2 heterocycles. The zero-order valence-electron chi connectivity index (χ0n) is 17.6. The maximum absolute atomic E-state index is 12.9. The molecule has 4 rings (SSSR count). The van der Waals surface area contributed by atoms with E-state index in [1.54, 1.807) is 36.4 Å². The van der Waals surface area contributed by atoms with E-state index in [2.05, 4.69) is 15.4 Å². The Balaban J connectivity index is 1.65. The maximum Gasteiger partial charge on any atom is 0.416 e. The largest absolute Gasteiger partial charge is 0.460 e. The van der Waals surface area contributed by atoms with Crippen molar-refractivity contribution in [3.05, 3.63) is 76.5 Å². The number of hydrogen-bond acceptors (Lipinski definition) is 5. The second-order valence-corrected chi connectivity index (χ2v) is 8.30. The van der Waals surface area contributed by atoms with Gasteiger partial charge in [0.2, 0.25) is 0 Å². The summed E-state index contributed by atoms with van der Waals surface area (Å²) in [7, 11) is 0. The van der Waals surface area contributed by atoms with Gasteiger partial charge in [0.05, 0.1) is 22.2 Å². The number of amides is 1. The normalized spacial score (nSPS) is 11.6. The van der Waals surface area contributed by atoms with Gasteiger partial charge in [0.1, 0.15) is 0 Å². The second-order valence-electron chi connectivity index (χ2n) is 7.35. The zero-order valence-corrected chi connectivity index (χ0v) is 18.4. The molecule has 6 nitrogen and oxygen atoms in total. The van der Waals surface area contributed by atoms with Gasteiger partial charge in [-0.25, -0.2) is 4.68 Å². The minimum absolute atomic E-state index is 0.106. The Labute approximate surface area is 191 Å². The van der Waals surface area contributed by atoms with Gasteiger partial charge in [0, 0.05) is 11.3 Å². The number of benzene rings is 2. The van der Waals surface area contributed by atoms with Crippen LogP contribution in [0.2, 0.25) is 0 Å². The molecule has 0 aliphatic heterocycles. The van der Waals surface area contributed by atoms with Crippen LogP contribution in [0.4, 0.5) is 18.9 Å². The van der Waals surface area contributed by atoms with E-state index in [0.717, 1.165) is 12.1 Å². The molecule has 10 heteroatoms. The third-order valence-electron chi connectivity index (χ3n) is 4.51. The average molecular weight is 472 g/mol. The SMILES string of the molecule is CC(C)Oc1nc(-c2ccc(C(F)(F)F)cc2)n(-c2ccc(NC(=O)c3cccs3)cc2)n1. The Morgan fingerprint density at radius 1 is 1.06 bits per heavy atom. The van der Waals surface area contributed by atoms with Crippen molar-refractivity contribution in [3.8, 4) is 23.1 Å². The van der Waals surface area contributed by atoms with Gasteiger partial charge in [-0.05, 0) is 61.7 Å². The Morgan fingerprint density at radius 3 is 2.33 bits per heavy atom. The lowest BCUT2D eigenvalue weighted by molar-refractivity contribution is -0.137. The molecule has 0 saturated heterocycles. The summed E-state index contributed by atoms with van der Waals surface area (Å²) in [5, 5.41) is 9.01. The van der Waals surface area contributed by atoms with Crippen molar-refractivity contribution in [1.29, 1.82) is 0 Å². The molecule has 0 fully saturated rings. The van der Waals surface area contributed by atoms with Crippen LogP contribution in [0.1, 0.15) is 29.1 Å². The van der Waals surface area contributed by atoms with Gasteiger partial charge >= 0.3 is 12.2 Å². The Bertz CT molecular complexity index is 1230. The molecule has 0 bridgehead atoms. The van der Waals surface area contributed by atoms with E-state index < -0.39 is 11.7 Å². The minimum Gasteiger partial charge on any atom is -0.460 e. The van der Waals surface area contributed by atoms with Crippen molar-refractivity contribution >= 4 is 22.9 Å². The van der Waals surface area contributed by atoms with E-state index in [4.69, 9.17) is 4.74 Å². The van der Waals surface area contributed by atoms with Gasteiger partial charge in [0.15, 0.2) is 5.82 Å². The maximum atomic E-state index is 12.9. The van der Waals surface area contributed by atoms with Crippen molar-refractivity contribution in [2.45, 2.75) is 26.1 Å². The van der Waals surface area contributed by atoms with Crippen LogP contribution in [0.15, 0.2) is 66.0 Å². The van der Waals surface area contributed by atoms with Crippen LogP contribution in [0.25, 0.3) is 17.1 Å². The summed E-state index contributed by atoms with van der Waals surface area (Å²) in [5.74, 6) is 0.117. The third kappa shape index (κ3) is 5.23. The smallest absolute Gasteiger partial charge is 0.416 e. The average Bonchev–Trinajstić information content (AvgIpc) is 3.44. The third-order valence-corrected chi connectivity index (χ3v) is 5.38. The first-order valence-electron chi connectivity index (χ1n) is 9.97. The van der Waals surface area contributed by atoms with Crippen LogP contribution in [-0.4, -0.2) is 26.8 Å². The number of carbonyl (C=O) groups is 1. The van der Waals surface area contributed by atoms with Crippen molar-refractivity contribution in [2.24, 2.45) is 0 Å². The summed E-state index contributed by atoms with van der Waals surface area (Å²) < 4.78 is 45.9. The van der Waals surface area contributed by atoms with E-state index in [1.807, 2.05) is 19.2 Å². The number of aromatic nitrogens is 3. The molecule has 1 amide bonds. The van der Waals surface area contributed by atoms with Crippen LogP contribution < -0.4 is 10.1 Å². The Morgan fingerprint density at radius 2 is 1.76 bits per heavy atom. The lowest BCUT2D eigenvalue weighted by Crippen LogP contribution is -2.10. The number of carbonyl (C=O) groups excluding carboxylic acids is 1. The summed E-state index contributed by atoms with van der Waals surface area (Å²) in [5.41, 5.74) is 0.892. The van der Waals surface area contributed by atoms with E-state index in [1.165, 1.54) is 28.2 Å². The standard InChI is InChI=1S/C23H19F3N4O2S/c1-14(2)32-22-28-20(15-5-7-16(8-6-15)23(24,25)26)30(29-22)18-11-9-17(10-12-18)27-21(31)19-4-3-13-33-19/h3-14H,1-2H3,(H,27,31). The number of hydrogen-bond donors (Lipinski definition) is 1. The van der Waals surface area contributed by atoms with E-state index in [9.17, 15) is 18.0 Å². The van der Waals surface area contributed by atoms with Crippen LogP contribution in [-0.2, 0) is 6.18 Å². The first kappa shape index (κ1) is 22.5. The molecule has 1 N–H and O–H groups in total. The van der Waals surface area contributed by atoms with Gasteiger partial charge in [-0.1, -0.05) is 18.2 Å². The van der Waals surface area contributed by atoms with Crippen molar-refractivity contribution in [1.82, 2.24) is 14.8 Å². The van der Waals surface area contributed by atoms with Gasteiger partial charge in [-0.2, -0.15) is 18.2 Å². The fourth-order valence-electron chi connectivity index (χ4n) is 3.02. The quantitative estimate of drug-likeness (QED) is 0.371. The molecule has 2 aromatic carbocycles. The molecule has 0 radical (unpaired) electrons. The van der Waals surface area contributed by atoms with E-state index in [0.29, 0.717) is 27.6 Å². The number of anilines is 1. The summed E-state index contributed by atoms with van der Waals surface area (Å²) in [6.45, 7) is 3.65. The molecule has 0 aliphatic carbocycles. The molecule has 170 valence electrons. The summed E-state index contributed by atoms with van der Waals surface area (Å²) in [4.78, 5) is 17.2. The molecular formula is C23H19F3N4O2S. The first-order valence-corrected chi connectivity index (χ1v) is 10.9.